The van der Waals surface area contributed by atoms with Gasteiger partial charge in [-0.25, -0.2) is 4.98 Å². The molecule has 0 saturated carbocycles. The second-order valence-corrected chi connectivity index (χ2v) is 7.10. The molecule has 0 spiro atoms. The molecular formula is C20H21N3O3S. The quantitative estimate of drug-likeness (QED) is 0.710. The molecule has 2 aromatic heterocycles. The third-order valence-corrected chi connectivity index (χ3v) is 5.13. The van der Waals surface area contributed by atoms with E-state index < -0.39 is 0 Å². The van der Waals surface area contributed by atoms with Gasteiger partial charge in [0.25, 0.3) is 0 Å². The number of carbonyl (C=O) groups is 1. The van der Waals surface area contributed by atoms with E-state index in [9.17, 15) is 9.59 Å². The van der Waals surface area contributed by atoms with Gasteiger partial charge in [-0.15, -0.1) is 11.3 Å². The maximum absolute atomic E-state index is 12.3. The van der Waals surface area contributed by atoms with Crippen molar-refractivity contribution in [3.63, 3.8) is 0 Å². The standard InChI is InChI=1S/C20H21N3O3S/c1-13-12-27-20(22-13)16-6-4-5-15(8-16)9-21-19(25)11-23-10-18(26-3)17(24)7-14(23)2/h4-8,10,12H,9,11H2,1-3H3,(H,21,25). The second-order valence-electron chi connectivity index (χ2n) is 6.25. The monoisotopic (exact) mass is 383 g/mol. The number of hydrogen-bond donors (Lipinski definition) is 1. The van der Waals surface area contributed by atoms with Gasteiger partial charge in [0.05, 0.1) is 13.3 Å². The number of benzene rings is 1. The van der Waals surface area contributed by atoms with Gasteiger partial charge in [-0.2, -0.15) is 0 Å². The Bertz CT molecular complexity index is 1020. The molecule has 0 radical (unpaired) electrons. The molecule has 0 unspecified atom stereocenters. The summed E-state index contributed by atoms with van der Waals surface area (Å²) in [7, 11) is 1.44. The van der Waals surface area contributed by atoms with Crippen LogP contribution in [0.5, 0.6) is 5.75 Å². The summed E-state index contributed by atoms with van der Waals surface area (Å²) in [6.07, 6.45) is 1.56. The van der Waals surface area contributed by atoms with Gasteiger partial charge in [0.1, 0.15) is 11.6 Å². The van der Waals surface area contributed by atoms with Crippen LogP contribution in [-0.2, 0) is 17.9 Å². The molecule has 6 nitrogen and oxygen atoms in total. The lowest BCUT2D eigenvalue weighted by atomic mass is 10.1. The van der Waals surface area contributed by atoms with Gasteiger partial charge in [0.15, 0.2) is 5.75 Å². The Hall–Kier alpha value is -2.93. The highest BCUT2D eigenvalue weighted by Gasteiger charge is 2.09. The zero-order chi connectivity index (χ0) is 19.4. The van der Waals surface area contributed by atoms with Crippen LogP contribution >= 0.6 is 11.3 Å². The number of hydrogen-bond acceptors (Lipinski definition) is 5. The predicted molar refractivity (Wildman–Crippen MR) is 106 cm³/mol. The Balaban J connectivity index is 1.65. The molecule has 2 heterocycles. The highest BCUT2D eigenvalue weighted by molar-refractivity contribution is 7.13. The molecule has 0 aliphatic heterocycles. The molecule has 140 valence electrons. The summed E-state index contributed by atoms with van der Waals surface area (Å²) in [4.78, 5) is 28.5. The number of thiazole rings is 1. The van der Waals surface area contributed by atoms with Gasteiger partial charge in [-0.3, -0.25) is 9.59 Å². The van der Waals surface area contributed by atoms with E-state index >= 15 is 0 Å². The summed E-state index contributed by atoms with van der Waals surface area (Å²) in [5.74, 6) is 0.0825. The third-order valence-electron chi connectivity index (χ3n) is 4.13. The van der Waals surface area contributed by atoms with Gasteiger partial charge in [0.2, 0.25) is 11.3 Å². The van der Waals surface area contributed by atoms with Crippen molar-refractivity contribution in [1.82, 2.24) is 14.9 Å². The zero-order valence-electron chi connectivity index (χ0n) is 15.5. The molecule has 3 aromatic rings. The molecule has 0 atom stereocenters. The Morgan fingerprint density at radius 3 is 2.81 bits per heavy atom. The minimum absolute atomic E-state index is 0.119. The number of aromatic nitrogens is 2. The van der Waals surface area contributed by atoms with Gasteiger partial charge in [-0.1, -0.05) is 18.2 Å². The first-order chi connectivity index (χ1) is 13.0. The van der Waals surface area contributed by atoms with Crippen molar-refractivity contribution in [3.8, 4) is 16.3 Å². The van der Waals surface area contributed by atoms with E-state index in [1.807, 2.05) is 36.6 Å². The van der Waals surface area contributed by atoms with Crippen LogP contribution in [0.4, 0.5) is 0 Å². The molecule has 7 heteroatoms. The normalized spacial score (nSPS) is 10.6. The first-order valence-electron chi connectivity index (χ1n) is 8.49. The van der Waals surface area contributed by atoms with Crippen molar-refractivity contribution in [1.29, 1.82) is 0 Å². The van der Waals surface area contributed by atoms with Crippen molar-refractivity contribution in [2.24, 2.45) is 0 Å². The summed E-state index contributed by atoms with van der Waals surface area (Å²) in [6, 6.07) is 9.44. The molecule has 3 rings (SSSR count). The number of carbonyl (C=O) groups excluding carboxylic acids is 1. The fourth-order valence-electron chi connectivity index (χ4n) is 2.69. The topological polar surface area (TPSA) is 73.2 Å². The largest absolute Gasteiger partial charge is 0.491 e. The minimum atomic E-state index is -0.194. The Morgan fingerprint density at radius 1 is 1.30 bits per heavy atom. The number of nitrogens with zero attached hydrogens (tertiary/aromatic N) is 2. The number of aryl methyl sites for hydroxylation is 2. The van der Waals surface area contributed by atoms with Crippen LogP contribution < -0.4 is 15.5 Å². The molecule has 1 N–H and O–H groups in total. The second kappa shape index (κ2) is 8.18. The highest BCUT2D eigenvalue weighted by Crippen LogP contribution is 2.24. The third kappa shape index (κ3) is 4.62. The van der Waals surface area contributed by atoms with Crippen molar-refractivity contribution in [2.45, 2.75) is 26.9 Å². The average molecular weight is 383 g/mol. The van der Waals surface area contributed by atoms with Crippen LogP contribution in [0, 0.1) is 13.8 Å². The fraction of sp³-hybridized carbons (Fsp3) is 0.250. The van der Waals surface area contributed by atoms with E-state index in [-0.39, 0.29) is 23.6 Å². The molecule has 1 aromatic carbocycles. The number of pyridine rings is 1. The number of methoxy groups -OCH3 is 1. The first kappa shape index (κ1) is 18.8. The van der Waals surface area contributed by atoms with Gasteiger partial charge >= 0.3 is 0 Å². The SMILES string of the molecule is COc1cn(CC(=O)NCc2cccc(-c3nc(C)cs3)c2)c(C)cc1=O. The van der Waals surface area contributed by atoms with Crippen LogP contribution in [0.25, 0.3) is 10.6 Å². The average Bonchev–Trinajstić information content (AvgIpc) is 3.09. The molecule has 0 saturated heterocycles. The highest BCUT2D eigenvalue weighted by atomic mass is 32.1. The Labute approximate surface area is 161 Å². The summed E-state index contributed by atoms with van der Waals surface area (Å²) < 4.78 is 6.74. The van der Waals surface area contributed by atoms with E-state index in [0.29, 0.717) is 12.2 Å². The van der Waals surface area contributed by atoms with Gasteiger partial charge < -0.3 is 14.6 Å². The van der Waals surface area contributed by atoms with E-state index in [1.54, 1.807) is 29.0 Å². The molecule has 0 fully saturated rings. The van der Waals surface area contributed by atoms with E-state index in [4.69, 9.17) is 4.74 Å². The minimum Gasteiger partial charge on any atom is -0.491 e. The predicted octanol–water partition coefficient (Wildman–Crippen LogP) is 2.91. The van der Waals surface area contributed by atoms with Gasteiger partial charge in [-0.05, 0) is 25.5 Å². The maximum atomic E-state index is 12.3. The molecular weight excluding hydrogens is 362 g/mol. The number of rotatable bonds is 6. The number of nitrogens with one attached hydrogen (secondary N) is 1. The summed E-state index contributed by atoms with van der Waals surface area (Å²) in [6.45, 7) is 4.30. The van der Waals surface area contributed by atoms with Crippen LogP contribution in [0.1, 0.15) is 17.0 Å². The molecule has 0 aliphatic rings. The first-order valence-corrected chi connectivity index (χ1v) is 9.37. The smallest absolute Gasteiger partial charge is 0.240 e. The number of ether oxygens (including phenoxy) is 1. The summed E-state index contributed by atoms with van der Waals surface area (Å²) in [5.41, 5.74) is 3.56. The summed E-state index contributed by atoms with van der Waals surface area (Å²) in [5, 5.41) is 5.90. The zero-order valence-corrected chi connectivity index (χ0v) is 16.3. The maximum Gasteiger partial charge on any atom is 0.240 e. The summed E-state index contributed by atoms with van der Waals surface area (Å²) >= 11 is 1.60. The van der Waals surface area contributed by atoms with Crippen LogP contribution in [0.2, 0.25) is 0 Å². The van der Waals surface area contributed by atoms with Crippen molar-refractivity contribution < 1.29 is 9.53 Å². The van der Waals surface area contributed by atoms with Crippen molar-refractivity contribution >= 4 is 17.2 Å². The van der Waals surface area contributed by atoms with Crippen LogP contribution in [0.3, 0.4) is 0 Å². The van der Waals surface area contributed by atoms with Crippen LogP contribution in [0.15, 0.2) is 46.7 Å². The fourth-order valence-corrected chi connectivity index (χ4v) is 3.48. The lowest BCUT2D eigenvalue weighted by Gasteiger charge is -2.12. The molecule has 0 bridgehead atoms. The van der Waals surface area contributed by atoms with Gasteiger partial charge in [0, 0.05) is 34.9 Å². The van der Waals surface area contributed by atoms with E-state index in [1.165, 1.54) is 13.2 Å². The Morgan fingerprint density at radius 2 is 2.11 bits per heavy atom. The van der Waals surface area contributed by atoms with E-state index in [0.717, 1.165) is 21.8 Å². The lowest BCUT2D eigenvalue weighted by Crippen LogP contribution is -2.28. The van der Waals surface area contributed by atoms with Crippen LogP contribution in [-0.4, -0.2) is 22.6 Å². The van der Waals surface area contributed by atoms with Crippen molar-refractivity contribution in [2.75, 3.05) is 7.11 Å². The van der Waals surface area contributed by atoms with E-state index in [2.05, 4.69) is 10.3 Å². The molecule has 1 amide bonds. The molecule has 27 heavy (non-hydrogen) atoms. The lowest BCUT2D eigenvalue weighted by molar-refractivity contribution is -0.121. The molecule has 0 aliphatic carbocycles. The van der Waals surface area contributed by atoms with Crippen molar-refractivity contribution in [3.05, 3.63) is 69.1 Å². The number of amides is 1. The Kier molecular flexibility index (Phi) is 5.71.